The summed E-state index contributed by atoms with van der Waals surface area (Å²) < 4.78 is 16.1. The summed E-state index contributed by atoms with van der Waals surface area (Å²) in [7, 11) is 5.24. The first-order chi connectivity index (χ1) is 10.1. The second-order valence-electron chi connectivity index (χ2n) is 5.50. The molecule has 0 aliphatic carbocycles. The third-order valence-electron chi connectivity index (χ3n) is 4.16. The van der Waals surface area contributed by atoms with Gasteiger partial charge in [-0.15, -0.1) is 0 Å². The second-order valence-corrected chi connectivity index (χ2v) is 5.50. The van der Waals surface area contributed by atoms with E-state index in [4.69, 9.17) is 14.2 Å². The lowest BCUT2D eigenvalue weighted by Gasteiger charge is -2.29. The number of aliphatic hydroxyl groups is 1. The molecule has 0 saturated carbocycles. The van der Waals surface area contributed by atoms with E-state index < -0.39 is 6.10 Å². The van der Waals surface area contributed by atoms with Crippen molar-refractivity contribution in [3.8, 4) is 11.5 Å². The molecule has 0 aromatic heterocycles. The predicted octanol–water partition coefficient (Wildman–Crippen LogP) is 1.85. The van der Waals surface area contributed by atoms with Crippen molar-refractivity contribution >= 4 is 0 Å². The minimum atomic E-state index is -0.632. The molecule has 0 spiro atoms. The van der Waals surface area contributed by atoms with Crippen LogP contribution in [0.5, 0.6) is 11.5 Å². The minimum Gasteiger partial charge on any atom is -0.497 e. The van der Waals surface area contributed by atoms with Crippen LogP contribution in [0.4, 0.5) is 0 Å². The van der Waals surface area contributed by atoms with Gasteiger partial charge in [-0.25, -0.2) is 0 Å². The van der Waals surface area contributed by atoms with Gasteiger partial charge in [0.15, 0.2) is 0 Å². The van der Waals surface area contributed by atoms with Crippen LogP contribution in [0.1, 0.15) is 25.0 Å². The van der Waals surface area contributed by atoms with Crippen molar-refractivity contribution in [3.05, 3.63) is 23.8 Å². The number of likely N-dealkylation sites (N-methyl/N-ethyl adjacent to an activating group) is 1. The molecule has 2 rings (SSSR count). The Morgan fingerprint density at radius 1 is 1.38 bits per heavy atom. The first-order valence-corrected chi connectivity index (χ1v) is 7.28. The molecule has 3 atom stereocenters. The standard InChI is InChI=1S/C16H25NO4/c1-11-14(7-8-21-11)17(2)10-15(18)13-9-12(19-3)5-6-16(13)20-4/h5-6,9,11,14-15,18H,7-8,10H2,1-4H3. The lowest BCUT2D eigenvalue weighted by molar-refractivity contribution is 0.0572. The van der Waals surface area contributed by atoms with Crippen LogP contribution in [0.3, 0.4) is 0 Å². The van der Waals surface area contributed by atoms with Crippen molar-refractivity contribution in [3.63, 3.8) is 0 Å². The van der Waals surface area contributed by atoms with Gasteiger partial charge in [0.2, 0.25) is 0 Å². The number of methoxy groups -OCH3 is 2. The molecule has 0 bridgehead atoms. The van der Waals surface area contributed by atoms with Crippen molar-refractivity contribution in [1.82, 2.24) is 4.90 Å². The van der Waals surface area contributed by atoms with E-state index in [2.05, 4.69) is 11.8 Å². The number of nitrogens with zero attached hydrogens (tertiary/aromatic N) is 1. The van der Waals surface area contributed by atoms with Crippen LogP contribution in [-0.4, -0.2) is 56.6 Å². The first kappa shape index (κ1) is 16.1. The van der Waals surface area contributed by atoms with Crippen LogP contribution in [-0.2, 0) is 4.74 Å². The smallest absolute Gasteiger partial charge is 0.124 e. The summed E-state index contributed by atoms with van der Waals surface area (Å²) in [6, 6.07) is 5.81. The zero-order valence-electron chi connectivity index (χ0n) is 13.2. The molecule has 1 N–H and O–H groups in total. The molecule has 1 fully saturated rings. The van der Waals surface area contributed by atoms with Gasteiger partial charge >= 0.3 is 0 Å². The van der Waals surface area contributed by atoms with Crippen LogP contribution < -0.4 is 9.47 Å². The van der Waals surface area contributed by atoms with E-state index in [1.165, 1.54) is 0 Å². The van der Waals surface area contributed by atoms with E-state index in [9.17, 15) is 5.11 Å². The van der Waals surface area contributed by atoms with Gasteiger partial charge in [-0.2, -0.15) is 0 Å². The normalized spacial score (nSPS) is 23.3. The lowest BCUT2D eigenvalue weighted by atomic mass is 10.0. The number of ether oxygens (including phenoxy) is 3. The van der Waals surface area contributed by atoms with Gasteiger partial charge in [0.25, 0.3) is 0 Å². The molecule has 5 nitrogen and oxygen atoms in total. The highest BCUT2D eigenvalue weighted by Crippen LogP contribution is 2.30. The molecule has 118 valence electrons. The Bertz CT molecular complexity index is 466. The highest BCUT2D eigenvalue weighted by atomic mass is 16.5. The second kappa shape index (κ2) is 7.11. The van der Waals surface area contributed by atoms with E-state index in [1.54, 1.807) is 14.2 Å². The van der Waals surface area contributed by atoms with Gasteiger partial charge in [-0.05, 0) is 38.6 Å². The average Bonchev–Trinajstić information content (AvgIpc) is 2.92. The molecule has 1 aliphatic heterocycles. The number of benzene rings is 1. The third-order valence-corrected chi connectivity index (χ3v) is 4.16. The van der Waals surface area contributed by atoms with Crippen molar-refractivity contribution < 1.29 is 19.3 Å². The maximum atomic E-state index is 10.6. The number of hydrogen-bond acceptors (Lipinski definition) is 5. The van der Waals surface area contributed by atoms with Crippen LogP contribution in [0.2, 0.25) is 0 Å². The minimum absolute atomic E-state index is 0.203. The molecule has 1 aliphatic rings. The fourth-order valence-corrected chi connectivity index (χ4v) is 2.91. The maximum absolute atomic E-state index is 10.6. The molecular weight excluding hydrogens is 270 g/mol. The largest absolute Gasteiger partial charge is 0.497 e. The number of hydrogen-bond donors (Lipinski definition) is 1. The van der Waals surface area contributed by atoms with Gasteiger partial charge in [0, 0.05) is 24.8 Å². The van der Waals surface area contributed by atoms with Crippen LogP contribution in [0, 0.1) is 0 Å². The van der Waals surface area contributed by atoms with Gasteiger partial charge in [0.1, 0.15) is 11.5 Å². The number of aliphatic hydroxyl groups excluding tert-OH is 1. The zero-order valence-corrected chi connectivity index (χ0v) is 13.2. The third kappa shape index (κ3) is 3.67. The molecule has 1 aromatic carbocycles. The molecule has 3 unspecified atom stereocenters. The van der Waals surface area contributed by atoms with Crippen molar-refractivity contribution in [2.75, 3.05) is 34.4 Å². The summed E-state index contributed by atoms with van der Waals surface area (Å²) in [5.41, 5.74) is 0.746. The fourth-order valence-electron chi connectivity index (χ4n) is 2.91. The summed E-state index contributed by atoms with van der Waals surface area (Å²) in [6.07, 6.45) is 0.571. The van der Waals surface area contributed by atoms with Gasteiger partial charge in [0.05, 0.1) is 26.4 Å². The quantitative estimate of drug-likeness (QED) is 0.868. The molecule has 21 heavy (non-hydrogen) atoms. The molecule has 5 heteroatoms. The average molecular weight is 295 g/mol. The Morgan fingerprint density at radius 2 is 2.14 bits per heavy atom. The summed E-state index contributed by atoms with van der Waals surface area (Å²) in [6.45, 7) is 3.39. The van der Waals surface area contributed by atoms with Crippen LogP contribution in [0.15, 0.2) is 18.2 Å². The number of rotatable bonds is 6. The van der Waals surface area contributed by atoms with E-state index in [0.29, 0.717) is 24.1 Å². The first-order valence-electron chi connectivity index (χ1n) is 7.28. The summed E-state index contributed by atoms with van der Waals surface area (Å²) >= 11 is 0. The summed E-state index contributed by atoms with van der Waals surface area (Å²) in [5, 5.41) is 10.6. The lowest BCUT2D eigenvalue weighted by Crippen LogP contribution is -2.39. The molecule has 1 saturated heterocycles. The van der Waals surface area contributed by atoms with Crippen molar-refractivity contribution in [2.45, 2.75) is 31.6 Å². The Kier molecular flexibility index (Phi) is 5.45. The van der Waals surface area contributed by atoms with Crippen LogP contribution >= 0.6 is 0 Å². The monoisotopic (exact) mass is 295 g/mol. The molecular formula is C16H25NO4. The highest BCUT2D eigenvalue weighted by Gasteiger charge is 2.29. The maximum Gasteiger partial charge on any atom is 0.124 e. The van der Waals surface area contributed by atoms with Crippen LogP contribution in [0.25, 0.3) is 0 Å². The van der Waals surface area contributed by atoms with E-state index in [1.807, 2.05) is 25.2 Å². The van der Waals surface area contributed by atoms with Crippen molar-refractivity contribution in [2.24, 2.45) is 0 Å². The molecule has 0 radical (unpaired) electrons. The Morgan fingerprint density at radius 3 is 2.71 bits per heavy atom. The van der Waals surface area contributed by atoms with Crippen molar-refractivity contribution in [1.29, 1.82) is 0 Å². The highest BCUT2D eigenvalue weighted by molar-refractivity contribution is 5.41. The van der Waals surface area contributed by atoms with E-state index >= 15 is 0 Å². The Labute approximate surface area is 126 Å². The Balaban J connectivity index is 2.10. The van der Waals surface area contributed by atoms with Gasteiger partial charge in [-0.3, -0.25) is 4.90 Å². The summed E-state index contributed by atoms with van der Waals surface area (Å²) in [5.74, 6) is 1.39. The topological polar surface area (TPSA) is 51.2 Å². The molecule has 1 heterocycles. The summed E-state index contributed by atoms with van der Waals surface area (Å²) in [4.78, 5) is 2.15. The fraction of sp³-hybridized carbons (Fsp3) is 0.625. The Hall–Kier alpha value is -1.30. The van der Waals surface area contributed by atoms with Gasteiger partial charge < -0.3 is 19.3 Å². The molecule has 1 aromatic rings. The molecule has 0 amide bonds. The van der Waals surface area contributed by atoms with E-state index in [0.717, 1.165) is 18.6 Å². The predicted molar refractivity (Wildman–Crippen MR) is 81.0 cm³/mol. The van der Waals surface area contributed by atoms with E-state index in [-0.39, 0.29) is 6.10 Å². The van der Waals surface area contributed by atoms with Gasteiger partial charge in [-0.1, -0.05) is 0 Å². The SMILES string of the molecule is COc1ccc(OC)c(C(O)CN(C)C2CCOC2C)c1. The zero-order chi connectivity index (χ0) is 15.4.